The summed E-state index contributed by atoms with van der Waals surface area (Å²) in [5, 5.41) is 3.22. The second kappa shape index (κ2) is 5.56. The van der Waals surface area contributed by atoms with Gasteiger partial charge < -0.3 is 14.6 Å². The summed E-state index contributed by atoms with van der Waals surface area (Å²) in [5.74, 6) is 1.59. The number of hydrogen-bond acceptors (Lipinski definition) is 5. The molecule has 1 aromatic carbocycles. The van der Waals surface area contributed by atoms with Gasteiger partial charge in [0.15, 0.2) is 11.5 Å². The van der Waals surface area contributed by atoms with E-state index in [0.717, 1.165) is 22.7 Å². The van der Waals surface area contributed by atoms with Crippen LogP contribution in [0.3, 0.4) is 0 Å². The zero-order chi connectivity index (χ0) is 13.8. The number of nitrogens with zero attached hydrogens (tertiary/aromatic N) is 4. The van der Waals surface area contributed by atoms with Crippen molar-refractivity contribution in [2.24, 2.45) is 7.05 Å². The molecule has 0 fully saturated rings. The Hall–Kier alpha value is -2.63. The van der Waals surface area contributed by atoms with E-state index in [4.69, 9.17) is 4.74 Å². The van der Waals surface area contributed by atoms with Gasteiger partial charge in [0.1, 0.15) is 24.2 Å². The Bertz CT molecular complexity index is 695. The maximum absolute atomic E-state index is 5.61. The van der Waals surface area contributed by atoms with Crippen LogP contribution in [0.15, 0.2) is 43.0 Å². The summed E-state index contributed by atoms with van der Waals surface area (Å²) < 4.78 is 7.48. The quantitative estimate of drug-likeness (QED) is 0.716. The van der Waals surface area contributed by atoms with E-state index in [0.29, 0.717) is 13.2 Å². The maximum Gasteiger partial charge on any atom is 0.165 e. The molecule has 2 heterocycles. The van der Waals surface area contributed by atoms with Crippen molar-refractivity contribution in [2.45, 2.75) is 0 Å². The van der Waals surface area contributed by atoms with Crippen molar-refractivity contribution in [1.82, 2.24) is 19.5 Å². The molecule has 0 atom stereocenters. The average Bonchev–Trinajstić information content (AvgIpc) is 2.87. The van der Waals surface area contributed by atoms with Gasteiger partial charge in [0.05, 0.1) is 12.9 Å². The number of nitrogens with one attached hydrogen (secondary N) is 1. The van der Waals surface area contributed by atoms with Gasteiger partial charge in [-0.2, -0.15) is 0 Å². The molecule has 0 radical (unpaired) electrons. The fourth-order valence-corrected chi connectivity index (χ4v) is 1.93. The van der Waals surface area contributed by atoms with Crippen LogP contribution in [0.5, 0.6) is 5.75 Å². The van der Waals surface area contributed by atoms with Crippen molar-refractivity contribution in [1.29, 1.82) is 0 Å². The number of anilines is 1. The van der Waals surface area contributed by atoms with E-state index in [-0.39, 0.29) is 0 Å². The second-order valence-corrected chi connectivity index (χ2v) is 4.34. The van der Waals surface area contributed by atoms with Gasteiger partial charge in [0.2, 0.25) is 0 Å². The lowest BCUT2D eigenvalue weighted by atomic mass is 10.3. The summed E-state index contributed by atoms with van der Waals surface area (Å²) in [7, 11) is 1.91. The first-order valence-corrected chi connectivity index (χ1v) is 6.38. The lowest BCUT2D eigenvalue weighted by Gasteiger charge is -2.08. The van der Waals surface area contributed by atoms with Gasteiger partial charge in [-0.3, -0.25) is 0 Å². The number of ether oxygens (including phenoxy) is 1. The highest BCUT2D eigenvalue weighted by molar-refractivity contribution is 5.82. The molecule has 3 aromatic rings. The third-order valence-corrected chi connectivity index (χ3v) is 2.90. The first-order valence-electron chi connectivity index (χ1n) is 6.38. The smallest absolute Gasteiger partial charge is 0.165 e. The highest BCUT2D eigenvalue weighted by Gasteiger charge is 2.07. The monoisotopic (exact) mass is 269 g/mol. The van der Waals surface area contributed by atoms with Gasteiger partial charge in [0.25, 0.3) is 0 Å². The van der Waals surface area contributed by atoms with Crippen molar-refractivity contribution >= 4 is 17.0 Å². The molecule has 0 amide bonds. The Morgan fingerprint density at radius 3 is 2.85 bits per heavy atom. The number of aromatic nitrogens is 4. The standard InChI is InChI=1S/C14H15N5O/c1-19-10-18-12-13(16-9-17-14(12)19)15-7-8-20-11-5-3-2-4-6-11/h2-6,9-10H,7-8H2,1H3,(H,15,16,17). The highest BCUT2D eigenvalue weighted by Crippen LogP contribution is 2.15. The molecule has 2 aromatic heterocycles. The fraction of sp³-hybridized carbons (Fsp3) is 0.214. The number of para-hydroxylation sites is 1. The summed E-state index contributed by atoms with van der Waals surface area (Å²) in [6, 6.07) is 9.72. The molecule has 3 rings (SSSR count). The Morgan fingerprint density at radius 2 is 2.00 bits per heavy atom. The topological polar surface area (TPSA) is 64.9 Å². The van der Waals surface area contributed by atoms with E-state index in [1.165, 1.54) is 6.33 Å². The van der Waals surface area contributed by atoms with Gasteiger partial charge in [-0.15, -0.1) is 0 Å². The molecule has 0 bridgehead atoms. The van der Waals surface area contributed by atoms with E-state index in [1.54, 1.807) is 6.33 Å². The molecule has 0 aliphatic carbocycles. The molecule has 0 aliphatic heterocycles. The summed E-state index contributed by atoms with van der Waals surface area (Å²) in [5.41, 5.74) is 1.58. The highest BCUT2D eigenvalue weighted by atomic mass is 16.5. The molecule has 0 saturated carbocycles. The molecule has 0 saturated heterocycles. The van der Waals surface area contributed by atoms with E-state index >= 15 is 0 Å². The number of fused-ring (bicyclic) bond motifs is 1. The Balaban J connectivity index is 1.60. The van der Waals surface area contributed by atoms with Crippen molar-refractivity contribution in [3.63, 3.8) is 0 Å². The van der Waals surface area contributed by atoms with Gasteiger partial charge in [0, 0.05) is 7.05 Å². The average molecular weight is 269 g/mol. The molecule has 0 unspecified atom stereocenters. The number of hydrogen-bond donors (Lipinski definition) is 1. The summed E-state index contributed by atoms with van der Waals surface area (Å²) >= 11 is 0. The van der Waals surface area contributed by atoms with E-state index in [9.17, 15) is 0 Å². The molecular weight excluding hydrogens is 254 g/mol. The van der Waals surface area contributed by atoms with E-state index in [2.05, 4.69) is 20.3 Å². The van der Waals surface area contributed by atoms with Crippen molar-refractivity contribution < 1.29 is 4.74 Å². The minimum atomic E-state index is 0.558. The van der Waals surface area contributed by atoms with Gasteiger partial charge >= 0.3 is 0 Å². The molecule has 6 nitrogen and oxygen atoms in total. The first kappa shape index (κ1) is 12.4. The van der Waals surface area contributed by atoms with Gasteiger partial charge in [-0.05, 0) is 12.1 Å². The molecule has 20 heavy (non-hydrogen) atoms. The van der Waals surface area contributed by atoms with Crippen LogP contribution >= 0.6 is 0 Å². The van der Waals surface area contributed by atoms with Crippen LogP contribution in [0.25, 0.3) is 11.2 Å². The summed E-state index contributed by atoms with van der Waals surface area (Å²) in [6.45, 7) is 1.21. The predicted octanol–water partition coefficient (Wildman–Crippen LogP) is 1.85. The SMILES string of the molecule is Cn1cnc2c(NCCOc3ccccc3)ncnc21. The predicted molar refractivity (Wildman–Crippen MR) is 76.7 cm³/mol. The number of aryl methyl sites for hydroxylation is 1. The first-order chi connectivity index (χ1) is 9.84. The van der Waals surface area contributed by atoms with Crippen molar-refractivity contribution in [2.75, 3.05) is 18.5 Å². The second-order valence-electron chi connectivity index (χ2n) is 4.34. The lowest BCUT2D eigenvalue weighted by Crippen LogP contribution is -2.12. The van der Waals surface area contributed by atoms with Gasteiger partial charge in [-0.1, -0.05) is 18.2 Å². The van der Waals surface area contributed by atoms with Crippen molar-refractivity contribution in [3.05, 3.63) is 43.0 Å². The van der Waals surface area contributed by atoms with Crippen LogP contribution in [0.2, 0.25) is 0 Å². The largest absolute Gasteiger partial charge is 0.492 e. The van der Waals surface area contributed by atoms with Crippen LogP contribution in [0.1, 0.15) is 0 Å². The Morgan fingerprint density at radius 1 is 1.15 bits per heavy atom. The number of rotatable bonds is 5. The zero-order valence-corrected chi connectivity index (χ0v) is 11.2. The summed E-state index contributed by atoms with van der Waals surface area (Å²) in [4.78, 5) is 12.7. The minimum absolute atomic E-state index is 0.558. The molecular formula is C14H15N5O. The molecule has 1 N–H and O–H groups in total. The molecule has 102 valence electrons. The Labute approximate surface area is 116 Å². The summed E-state index contributed by atoms with van der Waals surface area (Å²) in [6.07, 6.45) is 3.26. The number of imidazole rings is 1. The van der Waals surface area contributed by atoms with Crippen LogP contribution in [-0.4, -0.2) is 32.7 Å². The van der Waals surface area contributed by atoms with Crippen LogP contribution in [0.4, 0.5) is 5.82 Å². The van der Waals surface area contributed by atoms with E-state index < -0.39 is 0 Å². The third-order valence-electron chi connectivity index (χ3n) is 2.90. The van der Waals surface area contributed by atoms with Crippen LogP contribution in [0, 0.1) is 0 Å². The maximum atomic E-state index is 5.61. The van der Waals surface area contributed by atoms with Crippen LogP contribution in [-0.2, 0) is 7.05 Å². The zero-order valence-electron chi connectivity index (χ0n) is 11.2. The Kier molecular flexibility index (Phi) is 3.45. The lowest BCUT2D eigenvalue weighted by molar-refractivity contribution is 0.333. The van der Waals surface area contributed by atoms with E-state index in [1.807, 2.05) is 41.9 Å². The fourth-order valence-electron chi connectivity index (χ4n) is 1.93. The third kappa shape index (κ3) is 2.54. The minimum Gasteiger partial charge on any atom is -0.492 e. The van der Waals surface area contributed by atoms with Crippen LogP contribution < -0.4 is 10.1 Å². The number of benzene rings is 1. The van der Waals surface area contributed by atoms with Gasteiger partial charge in [-0.25, -0.2) is 15.0 Å². The molecule has 0 aliphatic rings. The molecule has 6 heteroatoms. The van der Waals surface area contributed by atoms with Crippen molar-refractivity contribution in [3.8, 4) is 5.75 Å². The molecule has 0 spiro atoms. The normalized spacial score (nSPS) is 10.7.